The van der Waals surface area contributed by atoms with Gasteiger partial charge in [0.15, 0.2) is 15.5 Å². The molecule has 7 nitrogen and oxygen atoms in total. The molecule has 2 aromatic carbocycles. The van der Waals surface area contributed by atoms with Crippen LogP contribution in [0.15, 0.2) is 60.7 Å². The highest BCUT2D eigenvalue weighted by molar-refractivity contribution is 7.91. The Morgan fingerprint density at radius 3 is 2.52 bits per heavy atom. The predicted octanol–water partition coefficient (Wildman–Crippen LogP) is 4.67. The van der Waals surface area contributed by atoms with Crippen LogP contribution in [0.1, 0.15) is 28.5 Å². The standard InChI is InChI=1S/C24H21ClN4O3S/c1-15-22-20(24(30)26-18-9-7-17(25)8-10-18)13-21(16-5-3-2-4-6-16)27-23(22)29(28-15)19-11-12-33(31,32)14-19/h2-10,13,19H,11-12,14H2,1H3,(H,26,30). The molecule has 0 saturated carbocycles. The van der Waals surface area contributed by atoms with Gasteiger partial charge in [-0.1, -0.05) is 41.9 Å². The number of fused-ring (bicyclic) bond motifs is 1. The molecule has 5 rings (SSSR count). The van der Waals surface area contributed by atoms with Gasteiger partial charge in [-0.3, -0.25) is 4.79 Å². The van der Waals surface area contributed by atoms with Crippen molar-refractivity contribution < 1.29 is 13.2 Å². The molecule has 1 unspecified atom stereocenters. The molecule has 168 valence electrons. The minimum atomic E-state index is -3.11. The van der Waals surface area contributed by atoms with E-state index in [4.69, 9.17) is 16.6 Å². The van der Waals surface area contributed by atoms with Crippen LogP contribution in [0.5, 0.6) is 0 Å². The third kappa shape index (κ3) is 4.24. The lowest BCUT2D eigenvalue weighted by Crippen LogP contribution is -2.15. The van der Waals surface area contributed by atoms with Gasteiger partial charge in [0, 0.05) is 16.3 Å². The van der Waals surface area contributed by atoms with Crippen molar-refractivity contribution in [3.63, 3.8) is 0 Å². The number of aryl methyl sites for hydroxylation is 1. The summed E-state index contributed by atoms with van der Waals surface area (Å²) in [6.07, 6.45) is 0.474. The van der Waals surface area contributed by atoms with Gasteiger partial charge in [-0.05, 0) is 43.7 Å². The van der Waals surface area contributed by atoms with Gasteiger partial charge in [-0.2, -0.15) is 5.10 Å². The van der Waals surface area contributed by atoms with Crippen molar-refractivity contribution in [2.45, 2.75) is 19.4 Å². The van der Waals surface area contributed by atoms with Crippen molar-refractivity contribution in [1.82, 2.24) is 14.8 Å². The molecule has 0 aliphatic carbocycles. The van der Waals surface area contributed by atoms with E-state index in [0.29, 0.717) is 45.1 Å². The first-order valence-corrected chi connectivity index (χ1v) is 12.7. The molecule has 1 amide bonds. The lowest BCUT2D eigenvalue weighted by molar-refractivity contribution is 0.102. The Bertz CT molecular complexity index is 1470. The van der Waals surface area contributed by atoms with Crippen LogP contribution in [-0.4, -0.2) is 40.6 Å². The van der Waals surface area contributed by atoms with Gasteiger partial charge >= 0.3 is 0 Å². The number of rotatable bonds is 4. The molecule has 0 spiro atoms. The molecule has 3 heterocycles. The number of carbonyl (C=O) groups is 1. The number of hydrogen-bond acceptors (Lipinski definition) is 5. The molecular formula is C24H21ClN4O3S. The predicted molar refractivity (Wildman–Crippen MR) is 129 cm³/mol. The molecule has 2 aromatic heterocycles. The van der Waals surface area contributed by atoms with Gasteiger partial charge in [0.2, 0.25) is 0 Å². The quantitative estimate of drug-likeness (QED) is 0.458. The van der Waals surface area contributed by atoms with Crippen molar-refractivity contribution in [2.75, 3.05) is 16.8 Å². The molecule has 1 fully saturated rings. The second kappa shape index (κ2) is 8.28. The monoisotopic (exact) mass is 480 g/mol. The second-order valence-electron chi connectivity index (χ2n) is 8.17. The van der Waals surface area contributed by atoms with E-state index >= 15 is 0 Å². The molecule has 1 N–H and O–H groups in total. The Kier molecular flexibility index (Phi) is 5.42. The van der Waals surface area contributed by atoms with Gasteiger partial charge in [-0.25, -0.2) is 18.1 Å². The Morgan fingerprint density at radius 1 is 1.12 bits per heavy atom. The Hall–Kier alpha value is -3.23. The smallest absolute Gasteiger partial charge is 0.256 e. The first-order chi connectivity index (χ1) is 15.8. The molecule has 1 saturated heterocycles. The molecule has 1 aliphatic rings. The van der Waals surface area contributed by atoms with Crippen LogP contribution in [-0.2, 0) is 9.84 Å². The molecule has 0 radical (unpaired) electrons. The first kappa shape index (κ1) is 21.6. The summed E-state index contributed by atoms with van der Waals surface area (Å²) in [7, 11) is -3.11. The van der Waals surface area contributed by atoms with Crippen molar-refractivity contribution >= 4 is 44.1 Å². The van der Waals surface area contributed by atoms with Crippen LogP contribution in [0, 0.1) is 6.92 Å². The zero-order valence-electron chi connectivity index (χ0n) is 17.8. The summed E-state index contributed by atoms with van der Waals surface area (Å²) in [4.78, 5) is 18.2. The van der Waals surface area contributed by atoms with Gasteiger partial charge in [0.25, 0.3) is 5.91 Å². The van der Waals surface area contributed by atoms with Crippen LogP contribution >= 0.6 is 11.6 Å². The summed E-state index contributed by atoms with van der Waals surface area (Å²) in [6.45, 7) is 1.81. The Labute approximate surface area is 196 Å². The summed E-state index contributed by atoms with van der Waals surface area (Å²) in [5.41, 5.74) is 3.65. The summed E-state index contributed by atoms with van der Waals surface area (Å²) >= 11 is 5.96. The number of nitrogens with one attached hydrogen (secondary N) is 1. The van der Waals surface area contributed by atoms with Gasteiger partial charge in [-0.15, -0.1) is 0 Å². The molecule has 0 bridgehead atoms. The average molecular weight is 481 g/mol. The number of anilines is 1. The highest BCUT2D eigenvalue weighted by Gasteiger charge is 2.32. The fourth-order valence-electron chi connectivity index (χ4n) is 4.20. The van der Waals surface area contributed by atoms with E-state index in [1.165, 1.54) is 0 Å². The average Bonchev–Trinajstić information content (AvgIpc) is 3.34. The van der Waals surface area contributed by atoms with Crippen molar-refractivity contribution in [1.29, 1.82) is 0 Å². The molecule has 9 heteroatoms. The number of carbonyl (C=O) groups excluding carboxylic acids is 1. The number of pyridine rings is 1. The lowest BCUT2D eigenvalue weighted by atomic mass is 10.0. The lowest BCUT2D eigenvalue weighted by Gasteiger charge is -2.12. The highest BCUT2D eigenvalue weighted by atomic mass is 35.5. The third-order valence-corrected chi connectivity index (χ3v) is 7.81. The fourth-order valence-corrected chi connectivity index (χ4v) is 6.02. The normalized spacial score (nSPS) is 17.3. The number of nitrogens with zero attached hydrogens (tertiary/aromatic N) is 3. The Morgan fingerprint density at radius 2 is 1.85 bits per heavy atom. The number of halogens is 1. The van der Waals surface area contributed by atoms with Gasteiger partial charge in [0.1, 0.15) is 0 Å². The molecule has 1 aliphatic heterocycles. The van der Waals surface area contributed by atoms with Crippen LogP contribution in [0.3, 0.4) is 0 Å². The molecule has 33 heavy (non-hydrogen) atoms. The van der Waals surface area contributed by atoms with E-state index in [0.717, 1.165) is 5.56 Å². The maximum absolute atomic E-state index is 13.4. The number of benzene rings is 2. The number of aromatic nitrogens is 3. The van der Waals surface area contributed by atoms with Gasteiger partial charge < -0.3 is 5.32 Å². The van der Waals surface area contributed by atoms with E-state index in [1.54, 1.807) is 35.0 Å². The van der Waals surface area contributed by atoms with E-state index in [9.17, 15) is 13.2 Å². The minimum absolute atomic E-state index is 0.0206. The van der Waals surface area contributed by atoms with E-state index in [-0.39, 0.29) is 23.5 Å². The third-order valence-electron chi connectivity index (χ3n) is 5.81. The van der Waals surface area contributed by atoms with Crippen molar-refractivity contribution in [2.24, 2.45) is 0 Å². The maximum Gasteiger partial charge on any atom is 0.256 e. The second-order valence-corrected chi connectivity index (χ2v) is 10.8. The van der Waals surface area contributed by atoms with Crippen LogP contribution in [0.2, 0.25) is 5.02 Å². The van der Waals surface area contributed by atoms with E-state index < -0.39 is 9.84 Å². The molecule has 4 aromatic rings. The van der Waals surface area contributed by atoms with Crippen molar-refractivity contribution in [3.05, 3.63) is 76.9 Å². The summed E-state index contributed by atoms with van der Waals surface area (Å²) in [6, 6.07) is 17.9. The van der Waals surface area contributed by atoms with E-state index in [1.807, 2.05) is 37.3 Å². The zero-order valence-corrected chi connectivity index (χ0v) is 19.4. The summed E-state index contributed by atoms with van der Waals surface area (Å²) < 4.78 is 25.9. The van der Waals surface area contributed by atoms with Crippen molar-refractivity contribution in [3.8, 4) is 11.3 Å². The SMILES string of the molecule is Cc1nn(C2CCS(=O)(=O)C2)c2nc(-c3ccccc3)cc(C(=O)Nc3ccc(Cl)cc3)c12. The van der Waals surface area contributed by atoms with E-state index in [2.05, 4.69) is 10.4 Å². The minimum Gasteiger partial charge on any atom is -0.322 e. The van der Waals surface area contributed by atoms with Crippen LogP contribution in [0.25, 0.3) is 22.3 Å². The largest absolute Gasteiger partial charge is 0.322 e. The zero-order chi connectivity index (χ0) is 23.2. The fraction of sp³-hybridized carbons (Fsp3) is 0.208. The Balaban J connectivity index is 1.67. The van der Waals surface area contributed by atoms with Crippen LogP contribution in [0.4, 0.5) is 5.69 Å². The molecule has 1 atom stereocenters. The maximum atomic E-state index is 13.4. The summed E-state index contributed by atoms with van der Waals surface area (Å²) in [5, 5.41) is 8.74. The number of amides is 1. The summed E-state index contributed by atoms with van der Waals surface area (Å²) in [5.74, 6) is -0.156. The molecular weight excluding hydrogens is 460 g/mol. The highest BCUT2D eigenvalue weighted by Crippen LogP contribution is 2.32. The first-order valence-electron chi connectivity index (χ1n) is 10.5. The van der Waals surface area contributed by atoms with Crippen LogP contribution < -0.4 is 5.32 Å². The van der Waals surface area contributed by atoms with Gasteiger partial charge in [0.05, 0.1) is 39.9 Å². The number of hydrogen-bond donors (Lipinski definition) is 1. The topological polar surface area (TPSA) is 93.9 Å². The number of sulfone groups is 1.